The number of nitrogens with one attached hydrogen (secondary N) is 1. The molecule has 0 fully saturated rings. The first-order valence-electron chi connectivity index (χ1n) is 7.82. The average Bonchev–Trinajstić information content (AvgIpc) is 3.29. The maximum atomic E-state index is 13.1. The molecule has 132 valence electrons. The molecule has 0 saturated heterocycles. The molecule has 1 atom stereocenters. The molecule has 0 saturated carbocycles. The van der Waals surface area contributed by atoms with Crippen LogP contribution in [0.2, 0.25) is 0 Å². The van der Waals surface area contributed by atoms with Crippen molar-refractivity contribution in [3.8, 4) is 0 Å². The summed E-state index contributed by atoms with van der Waals surface area (Å²) in [5.74, 6) is 0.600. The van der Waals surface area contributed by atoms with Crippen LogP contribution in [0.5, 0.6) is 0 Å². The van der Waals surface area contributed by atoms with Crippen molar-refractivity contribution in [2.45, 2.75) is 10.9 Å². The molecule has 2 aromatic heterocycles. The minimum absolute atomic E-state index is 0.110. The number of imidazole rings is 1. The van der Waals surface area contributed by atoms with Gasteiger partial charge in [-0.05, 0) is 17.7 Å². The van der Waals surface area contributed by atoms with Crippen molar-refractivity contribution in [3.05, 3.63) is 72.3 Å². The number of rotatable bonds is 5. The fourth-order valence-corrected chi connectivity index (χ4v) is 4.74. The van der Waals surface area contributed by atoms with Crippen molar-refractivity contribution >= 4 is 32.8 Å². The molecule has 9 heteroatoms. The Balaban J connectivity index is 1.81. The third kappa shape index (κ3) is 3.00. The van der Waals surface area contributed by atoms with Gasteiger partial charge in [0.1, 0.15) is 27.8 Å². The van der Waals surface area contributed by atoms with E-state index in [4.69, 9.17) is 0 Å². The normalized spacial score (nSPS) is 13.1. The Morgan fingerprint density at radius 2 is 1.88 bits per heavy atom. The first-order chi connectivity index (χ1) is 12.6. The maximum Gasteiger partial charge on any atom is 0.243 e. The van der Waals surface area contributed by atoms with Crippen LogP contribution in [0.1, 0.15) is 17.4 Å². The summed E-state index contributed by atoms with van der Waals surface area (Å²) >= 11 is 0.990. The van der Waals surface area contributed by atoms with Gasteiger partial charge in [-0.3, -0.25) is 0 Å². The van der Waals surface area contributed by atoms with Crippen molar-refractivity contribution in [2.24, 2.45) is 7.05 Å². The Labute approximate surface area is 154 Å². The van der Waals surface area contributed by atoms with E-state index in [0.29, 0.717) is 16.9 Å². The summed E-state index contributed by atoms with van der Waals surface area (Å²) in [5, 5.41) is 0. The highest BCUT2D eigenvalue weighted by molar-refractivity contribution is 7.89. The fraction of sp³-hybridized carbons (Fsp3) is 0.118. The Morgan fingerprint density at radius 3 is 2.62 bits per heavy atom. The van der Waals surface area contributed by atoms with E-state index in [2.05, 4.69) is 18.5 Å². The molecule has 26 heavy (non-hydrogen) atoms. The van der Waals surface area contributed by atoms with Crippen LogP contribution >= 0.6 is 11.7 Å². The van der Waals surface area contributed by atoms with E-state index in [0.717, 1.165) is 17.3 Å². The van der Waals surface area contributed by atoms with Crippen LogP contribution in [0.15, 0.2) is 65.8 Å². The summed E-state index contributed by atoms with van der Waals surface area (Å²) < 4.78 is 39.1. The van der Waals surface area contributed by atoms with Crippen LogP contribution < -0.4 is 4.72 Å². The Morgan fingerprint density at radius 1 is 1.08 bits per heavy atom. The van der Waals surface area contributed by atoms with Gasteiger partial charge >= 0.3 is 0 Å². The highest BCUT2D eigenvalue weighted by Crippen LogP contribution is 2.26. The zero-order valence-electron chi connectivity index (χ0n) is 13.8. The van der Waals surface area contributed by atoms with Crippen molar-refractivity contribution in [3.63, 3.8) is 0 Å². The van der Waals surface area contributed by atoms with Gasteiger partial charge in [-0.15, -0.1) is 0 Å². The summed E-state index contributed by atoms with van der Waals surface area (Å²) in [6.07, 6.45) is 3.43. The zero-order chi connectivity index (χ0) is 18.1. The summed E-state index contributed by atoms with van der Waals surface area (Å²) in [5.41, 5.74) is 1.73. The van der Waals surface area contributed by atoms with Gasteiger partial charge in [0.25, 0.3) is 0 Å². The van der Waals surface area contributed by atoms with Crippen molar-refractivity contribution < 1.29 is 8.42 Å². The van der Waals surface area contributed by atoms with Crippen LogP contribution in [-0.4, -0.2) is 26.7 Å². The monoisotopic (exact) mass is 385 g/mol. The quantitative estimate of drug-likeness (QED) is 0.570. The molecule has 0 radical (unpaired) electrons. The molecule has 0 aliphatic heterocycles. The van der Waals surface area contributed by atoms with Crippen molar-refractivity contribution in [1.29, 1.82) is 0 Å². The van der Waals surface area contributed by atoms with Crippen LogP contribution in [0, 0.1) is 0 Å². The van der Waals surface area contributed by atoms with Crippen molar-refractivity contribution in [1.82, 2.24) is 23.0 Å². The van der Waals surface area contributed by atoms with Gasteiger partial charge in [-0.25, -0.2) is 13.4 Å². The number of aromatic nitrogens is 4. The Kier molecular flexibility index (Phi) is 4.27. The molecule has 0 aliphatic rings. The number of nitrogens with zero attached hydrogens (tertiary/aromatic N) is 4. The molecule has 0 bridgehead atoms. The van der Waals surface area contributed by atoms with E-state index < -0.39 is 16.1 Å². The zero-order valence-corrected chi connectivity index (χ0v) is 15.4. The van der Waals surface area contributed by atoms with E-state index in [9.17, 15) is 8.42 Å². The lowest BCUT2D eigenvalue weighted by Gasteiger charge is -2.19. The highest BCUT2D eigenvalue weighted by atomic mass is 32.2. The topological polar surface area (TPSA) is 89.8 Å². The molecule has 0 aliphatic carbocycles. The summed E-state index contributed by atoms with van der Waals surface area (Å²) in [6, 6.07) is 13.7. The average molecular weight is 385 g/mol. The molecule has 2 heterocycles. The lowest BCUT2D eigenvalue weighted by molar-refractivity contribution is 0.563. The predicted octanol–water partition coefficient (Wildman–Crippen LogP) is 2.49. The molecule has 0 amide bonds. The Bertz CT molecular complexity index is 1150. The number of benzene rings is 2. The summed E-state index contributed by atoms with van der Waals surface area (Å²) in [7, 11) is -2.02. The van der Waals surface area contributed by atoms with E-state index in [1.165, 1.54) is 6.07 Å². The molecule has 0 spiro atoms. The molecular formula is C17H15N5O2S2. The van der Waals surface area contributed by atoms with E-state index in [1.807, 2.05) is 37.4 Å². The van der Waals surface area contributed by atoms with Gasteiger partial charge in [0.05, 0.1) is 11.7 Å². The predicted molar refractivity (Wildman–Crippen MR) is 99.2 cm³/mol. The van der Waals surface area contributed by atoms with Gasteiger partial charge in [-0.1, -0.05) is 36.4 Å². The molecule has 1 unspecified atom stereocenters. The third-order valence-corrected chi connectivity index (χ3v) is 6.06. The van der Waals surface area contributed by atoms with E-state index >= 15 is 0 Å². The van der Waals surface area contributed by atoms with Crippen LogP contribution in [0.4, 0.5) is 0 Å². The number of hydrogen-bond donors (Lipinski definition) is 1. The molecule has 7 nitrogen and oxygen atoms in total. The van der Waals surface area contributed by atoms with E-state index in [1.54, 1.807) is 29.1 Å². The largest absolute Gasteiger partial charge is 0.336 e. The second-order valence-corrected chi connectivity index (χ2v) is 7.96. The standard InChI is InChI=1S/C17H15N5O2S2/c1-22-11-10-18-17(22)15(12-6-3-2-4-7-12)21-26(23,24)14-9-5-8-13-16(14)20-25-19-13/h2-11,15,21H,1H3. The smallest absolute Gasteiger partial charge is 0.243 e. The highest BCUT2D eigenvalue weighted by Gasteiger charge is 2.27. The summed E-state index contributed by atoms with van der Waals surface area (Å²) in [6.45, 7) is 0. The lowest BCUT2D eigenvalue weighted by Crippen LogP contribution is -2.31. The molecule has 4 aromatic rings. The summed E-state index contributed by atoms with van der Waals surface area (Å²) in [4.78, 5) is 4.44. The molecule has 2 aromatic carbocycles. The second-order valence-electron chi connectivity index (χ2n) is 5.75. The van der Waals surface area contributed by atoms with Crippen molar-refractivity contribution in [2.75, 3.05) is 0 Å². The van der Waals surface area contributed by atoms with Gasteiger partial charge in [0.15, 0.2) is 0 Å². The molecule has 4 rings (SSSR count). The van der Waals surface area contributed by atoms with Crippen LogP contribution in [0.3, 0.4) is 0 Å². The number of hydrogen-bond acceptors (Lipinski definition) is 6. The number of sulfonamides is 1. The maximum absolute atomic E-state index is 13.1. The fourth-order valence-electron chi connectivity index (χ4n) is 2.79. The Hall–Kier alpha value is -2.62. The van der Waals surface area contributed by atoms with E-state index in [-0.39, 0.29) is 4.90 Å². The number of aryl methyl sites for hydroxylation is 1. The molecular weight excluding hydrogens is 370 g/mol. The third-order valence-electron chi connectivity index (χ3n) is 4.06. The lowest BCUT2D eigenvalue weighted by atomic mass is 10.1. The minimum Gasteiger partial charge on any atom is -0.336 e. The first-order valence-corrected chi connectivity index (χ1v) is 10.0. The SMILES string of the molecule is Cn1ccnc1C(NS(=O)(=O)c1cccc2nsnc12)c1ccccc1. The van der Waals surface area contributed by atoms with Gasteiger partial charge in [0.2, 0.25) is 10.0 Å². The van der Waals surface area contributed by atoms with Gasteiger partial charge < -0.3 is 4.57 Å². The molecule has 1 N–H and O–H groups in total. The minimum atomic E-state index is -3.85. The van der Waals surface area contributed by atoms with Crippen LogP contribution in [-0.2, 0) is 17.1 Å². The second kappa shape index (κ2) is 6.60. The first kappa shape index (κ1) is 16.8. The van der Waals surface area contributed by atoms with Gasteiger partial charge in [0, 0.05) is 19.4 Å². The van der Waals surface area contributed by atoms with Crippen LogP contribution in [0.25, 0.3) is 11.0 Å². The van der Waals surface area contributed by atoms with Gasteiger partial charge in [-0.2, -0.15) is 13.5 Å². The number of fused-ring (bicyclic) bond motifs is 1.